The predicted molar refractivity (Wildman–Crippen MR) is 90.4 cm³/mol. The normalized spacial score (nSPS) is 16.6. The van der Waals surface area contributed by atoms with Crippen LogP contribution in [0.5, 0.6) is 0 Å². The summed E-state index contributed by atoms with van der Waals surface area (Å²) in [5.41, 5.74) is 2.81. The second kappa shape index (κ2) is 5.72. The predicted octanol–water partition coefficient (Wildman–Crippen LogP) is 3.10. The number of hydrogen-bond acceptors (Lipinski definition) is 4. The van der Waals surface area contributed by atoms with Crippen molar-refractivity contribution in [1.29, 1.82) is 0 Å². The van der Waals surface area contributed by atoms with E-state index in [2.05, 4.69) is 20.4 Å². The van der Waals surface area contributed by atoms with Gasteiger partial charge in [0.05, 0.1) is 5.69 Å². The van der Waals surface area contributed by atoms with E-state index in [0.717, 1.165) is 16.8 Å². The minimum absolute atomic E-state index is 0.0652. The SMILES string of the molecule is Cc1nn(-c2ncccn2)c2c1[C@@H](c1cccc(Cl)c1)CC(=O)N2. The highest BCUT2D eigenvalue weighted by molar-refractivity contribution is 6.30. The molecule has 0 spiro atoms. The van der Waals surface area contributed by atoms with Crippen molar-refractivity contribution >= 4 is 23.3 Å². The van der Waals surface area contributed by atoms with Gasteiger partial charge < -0.3 is 5.32 Å². The zero-order chi connectivity index (χ0) is 16.7. The number of rotatable bonds is 2. The van der Waals surface area contributed by atoms with E-state index in [1.165, 1.54) is 0 Å². The maximum atomic E-state index is 12.3. The van der Waals surface area contributed by atoms with Crippen LogP contribution < -0.4 is 5.32 Å². The number of carbonyl (C=O) groups excluding carboxylic acids is 1. The molecule has 0 unspecified atom stereocenters. The van der Waals surface area contributed by atoms with Crippen LogP contribution in [0.25, 0.3) is 5.95 Å². The number of amides is 1. The van der Waals surface area contributed by atoms with Crippen LogP contribution in [0.2, 0.25) is 5.02 Å². The Kier molecular flexibility index (Phi) is 3.54. The molecule has 3 aromatic rings. The van der Waals surface area contributed by atoms with E-state index in [1.807, 2.05) is 31.2 Å². The van der Waals surface area contributed by atoms with Gasteiger partial charge in [-0.1, -0.05) is 23.7 Å². The summed E-state index contributed by atoms with van der Waals surface area (Å²) >= 11 is 6.13. The maximum absolute atomic E-state index is 12.3. The van der Waals surface area contributed by atoms with E-state index in [1.54, 1.807) is 23.1 Å². The molecule has 3 heterocycles. The van der Waals surface area contributed by atoms with Gasteiger partial charge in [-0.3, -0.25) is 4.79 Å². The molecular weight excluding hydrogens is 326 g/mol. The number of benzene rings is 1. The van der Waals surface area contributed by atoms with Crippen LogP contribution >= 0.6 is 11.6 Å². The first-order valence-corrected chi connectivity index (χ1v) is 7.93. The fourth-order valence-corrected chi connectivity index (χ4v) is 3.30. The van der Waals surface area contributed by atoms with Crippen molar-refractivity contribution in [3.63, 3.8) is 0 Å². The molecule has 1 atom stereocenters. The third-order valence-corrected chi connectivity index (χ3v) is 4.33. The first-order valence-electron chi connectivity index (χ1n) is 7.55. The summed E-state index contributed by atoms with van der Waals surface area (Å²) < 4.78 is 1.58. The molecule has 0 fully saturated rings. The summed E-state index contributed by atoms with van der Waals surface area (Å²) in [6.45, 7) is 1.92. The van der Waals surface area contributed by atoms with Gasteiger partial charge >= 0.3 is 0 Å². The highest BCUT2D eigenvalue weighted by Crippen LogP contribution is 2.40. The average molecular weight is 340 g/mol. The Bertz CT molecular complexity index is 922. The van der Waals surface area contributed by atoms with Crippen molar-refractivity contribution in [2.45, 2.75) is 19.3 Å². The maximum Gasteiger partial charge on any atom is 0.252 e. The van der Waals surface area contributed by atoms with Gasteiger partial charge in [0.2, 0.25) is 5.91 Å². The molecule has 24 heavy (non-hydrogen) atoms. The van der Waals surface area contributed by atoms with Crippen LogP contribution in [0.3, 0.4) is 0 Å². The van der Waals surface area contributed by atoms with Crippen molar-refractivity contribution in [1.82, 2.24) is 19.7 Å². The number of halogens is 1. The molecule has 0 saturated heterocycles. The van der Waals surface area contributed by atoms with Gasteiger partial charge in [0.15, 0.2) is 0 Å². The van der Waals surface area contributed by atoms with Gasteiger partial charge in [0.25, 0.3) is 5.95 Å². The van der Waals surface area contributed by atoms with Crippen molar-refractivity contribution < 1.29 is 4.79 Å². The van der Waals surface area contributed by atoms with E-state index < -0.39 is 0 Å². The zero-order valence-electron chi connectivity index (χ0n) is 12.9. The Labute approximate surface area is 143 Å². The smallest absolute Gasteiger partial charge is 0.252 e. The third-order valence-electron chi connectivity index (χ3n) is 4.10. The van der Waals surface area contributed by atoms with Crippen LogP contribution in [0, 0.1) is 6.92 Å². The Balaban J connectivity index is 1.89. The Hall–Kier alpha value is -2.73. The number of anilines is 1. The van der Waals surface area contributed by atoms with Crippen LogP contribution in [0.4, 0.5) is 5.82 Å². The lowest BCUT2D eigenvalue weighted by Crippen LogP contribution is -2.25. The fraction of sp³-hybridized carbons (Fsp3) is 0.176. The topological polar surface area (TPSA) is 72.7 Å². The van der Waals surface area contributed by atoms with E-state index in [-0.39, 0.29) is 11.8 Å². The van der Waals surface area contributed by atoms with Crippen LogP contribution in [0.15, 0.2) is 42.7 Å². The summed E-state index contributed by atoms with van der Waals surface area (Å²) in [5.74, 6) is 0.892. The number of nitrogens with zero attached hydrogens (tertiary/aromatic N) is 4. The number of carbonyl (C=O) groups is 1. The number of hydrogen-bond donors (Lipinski definition) is 1. The summed E-state index contributed by atoms with van der Waals surface area (Å²) in [5, 5.41) is 8.10. The van der Waals surface area contributed by atoms with Crippen LogP contribution in [0.1, 0.15) is 29.2 Å². The van der Waals surface area contributed by atoms with Crippen LogP contribution in [-0.2, 0) is 4.79 Å². The minimum atomic E-state index is -0.0927. The molecule has 7 heteroatoms. The van der Waals surface area contributed by atoms with Gasteiger partial charge in [-0.2, -0.15) is 9.78 Å². The lowest BCUT2D eigenvalue weighted by atomic mass is 9.86. The van der Waals surface area contributed by atoms with Gasteiger partial charge in [-0.05, 0) is 30.7 Å². The first-order chi connectivity index (χ1) is 11.6. The quantitative estimate of drug-likeness (QED) is 0.778. The van der Waals surface area contributed by atoms with E-state index in [4.69, 9.17) is 11.6 Å². The van der Waals surface area contributed by atoms with Crippen molar-refractivity contribution in [2.24, 2.45) is 0 Å². The molecule has 120 valence electrons. The molecular formula is C17H14ClN5O. The third kappa shape index (κ3) is 2.45. The molecule has 1 aromatic carbocycles. The second-order valence-corrected chi connectivity index (χ2v) is 6.10. The highest BCUT2D eigenvalue weighted by atomic mass is 35.5. The molecule has 1 N–H and O–H groups in total. The molecule has 0 saturated carbocycles. The molecule has 0 radical (unpaired) electrons. The summed E-state index contributed by atoms with van der Waals surface area (Å²) in [6, 6.07) is 9.33. The van der Waals surface area contributed by atoms with Gasteiger partial charge in [-0.15, -0.1) is 0 Å². The zero-order valence-corrected chi connectivity index (χ0v) is 13.7. The fourth-order valence-electron chi connectivity index (χ4n) is 3.10. The van der Waals surface area contributed by atoms with Gasteiger partial charge in [0, 0.05) is 35.3 Å². The van der Waals surface area contributed by atoms with Crippen molar-refractivity contribution in [2.75, 3.05) is 5.32 Å². The highest BCUT2D eigenvalue weighted by Gasteiger charge is 2.33. The molecule has 0 bridgehead atoms. The van der Waals surface area contributed by atoms with E-state index in [9.17, 15) is 4.79 Å². The summed E-state index contributed by atoms with van der Waals surface area (Å²) in [4.78, 5) is 20.7. The Morgan fingerprint density at radius 1 is 1.25 bits per heavy atom. The Morgan fingerprint density at radius 2 is 2.04 bits per heavy atom. The van der Waals surface area contributed by atoms with Crippen molar-refractivity contribution in [3.05, 3.63) is 64.6 Å². The van der Waals surface area contributed by atoms with Gasteiger partial charge in [-0.25, -0.2) is 9.97 Å². The summed E-state index contributed by atoms with van der Waals surface area (Å²) in [6.07, 6.45) is 3.64. The van der Waals surface area contributed by atoms with E-state index in [0.29, 0.717) is 23.2 Å². The standard InChI is InChI=1S/C17H14ClN5O/c1-10-15-13(11-4-2-5-12(18)8-11)9-14(24)21-16(15)23(22-10)17-19-6-3-7-20-17/h2-8,13H,9H2,1H3,(H,21,24)/t13-/m1/s1. The van der Waals surface area contributed by atoms with Crippen LogP contribution in [-0.4, -0.2) is 25.7 Å². The molecule has 1 aliphatic rings. The number of nitrogens with one attached hydrogen (secondary N) is 1. The minimum Gasteiger partial charge on any atom is -0.310 e. The van der Waals surface area contributed by atoms with Gasteiger partial charge in [0.1, 0.15) is 5.82 Å². The number of aryl methyl sites for hydroxylation is 1. The number of aromatic nitrogens is 4. The number of fused-ring (bicyclic) bond motifs is 1. The van der Waals surface area contributed by atoms with Crippen molar-refractivity contribution in [3.8, 4) is 5.95 Å². The largest absolute Gasteiger partial charge is 0.310 e. The monoisotopic (exact) mass is 339 g/mol. The molecule has 1 aliphatic heterocycles. The molecule has 4 rings (SSSR count). The van der Waals surface area contributed by atoms with E-state index >= 15 is 0 Å². The Morgan fingerprint density at radius 3 is 2.79 bits per heavy atom. The molecule has 2 aromatic heterocycles. The molecule has 1 amide bonds. The first kappa shape index (κ1) is 14.8. The average Bonchev–Trinajstić information content (AvgIpc) is 2.91. The molecule has 0 aliphatic carbocycles. The lowest BCUT2D eigenvalue weighted by Gasteiger charge is -2.24. The lowest BCUT2D eigenvalue weighted by molar-refractivity contribution is -0.116. The summed E-state index contributed by atoms with van der Waals surface area (Å²) in [7, 11) is 0. The molecule has 6 nitrogen and oxygen atoms in total. The second-order valence-electron chi connectivity index (χ2n) is 5.67.